The fourth-order valence-electron chi connectivity index (χ4n) is 3.08. The second-order valence-corrected chi connectivity index (χ2v) is 6.05. The summed E-state index contributed by atoms with van der Waals surface area (Å²) in [5, 5.41) is 2.43. The van der Waals surface area contributed by atoms with Crippen LogP contribution in [-0.4, -0.2) is 19.1 Å². The van der Waals surface area contributed by atoms with E-state index in [-0.39, 0.29) is 0 Å². The zero-order chi connectivity index (χ0) is 15.8. The lowest BCUT2D eigenvalue weighted by molar-refractivity contribution is 0.715. The van der Waals surface area contributed by atoms with Gasteiger partial charge in [0.1, 0.15) is 11.3 Å². The van der Waals surface area contributed by atoms with E-state index >= 15 is 0 Å². The number of aryl methyl sites for hydroxylation is 4. The van der Waals surface area contributed by atoms with Gasteiger partial charge >= 0.3 is 0 Å². The van der Waals surface area contributed by atoms with Crippen molar-refractivity contribution in [2.45, 2.75) is 26.3 Å². The summed E-state index contributed by atoms with van der Waals surface area (Å²) in [6.45, 7) is 3.08. The molecule has 0 bridgehead atoms. The highest BCUT2D eigenvalue weighted by atomic mass is 15.0. The van der Waals surface area contributed by atoms with Crippen molar-refractivity contribution in [3.05, 3.63) is 60.2 Å². The van der Waals surface area contributed by atoms with Gasteiger partial charge in [-0.3, -0.25) is 0 Å². The van der Waals surface area contributed by atoms with Crippen molar-refractivity contribution in [2.75, 3.05) is 0 Å². The third-order valence-electron chi connectivity index (χ3n) is 4.47. The number of hydrogen-bond acceptors (Lipinski definition) is 2. The Morgan fingerprint density at radius 2 is 1.61 bits per heavy atom. The summed E-state index contributed by atoms with van der Waals surface area (Å²) in [6, 6.07) is 8.73. The van der Waals surface area contributed by atoms with Gasteiger partial charge in [0.2, 0.25) is 0 Å². The second kappa shape index (κ2) is 5.54. The summed E-state index contributed by atoms with van der Waals surface area (Å²) in [7, 11) is 2.02. The molecule has 0 aliphatic rings. The lowest BCUT2D eigenvalue weighted by atomic mass is 10.2. The molecule has 23 heavy (non-hydrogen) atoms. The highest BCUT2D eigenvalue weighted by Gasteiger charge is 2.05. The molecule has 0 saturated heterocycles. The molecule has 4 aromatic heterocycles. The Balaban J connectivity index is 1.57. The van der Waals surface area contributed by atoms with E-state index in [9.17, 15) is 0 Å². The Morgan fingerprint density at radius 1 is 0.913 bits per heavy atom. The summed E-state index contributed by atoms with van der Waals surface area (Å²) in [5.74, 6) is 0. The van der Waals surface area contributed by atoms with E-state index in [4.69, 9.17) is 0 Å². The minimum Gasteiger partial charge on any atom is -0.336 e. The SMILES string of the molecule is CCc1cnc2c(ccn2CCc2cnc3c(ccn3C)c2)c1. The lowest BCUT2D eigenvalue weighted by Gasteiger charge is -2.06. The highest BCUT2D eigenvalue weighted by molar-refractivity contribution is 5.77. The van der Waals surface area contributed by atoms with E-state index in [0.29, 0.717) is 0 Å². The predicted molar refractivity (Wildman–Crippen MR) is 93.5 cm³/mol. The third-order valence-corrected chi connectivity index (χ3v) is 4.47. The van der Waals surface area contributed by atoms with E-state index < -0.39 is 0 Å². The zero-order valence-electron chi connectivity index (χ0n) is 13.5. The number of aromatic nitrogens is 4. The molecular formula is C19H20N4. The molecule has 0 aliphatic heterocycles. The summed E-state index contributed by atoms with van der Waals surface area (Å²) in [6.07, 6.45) is 10.1. The Morgan fingerprint density at radius 3 is 2.48 bits per heavy atom. The topological polar surface area (TPSA) is 35.6 Å². The smallest absolute Gasteiger partial charge is 0.139 e. The first-order valence-electron chi connectivity index (χ1n) is 8.08. The quantitative estimate of drug-likeness (QED) is 0.576. The van der Waals surface area contributed by atoms with Gasteiger partial charge in [0.15, 0.2) is 0 Å². The van der Waals surface area contributed by atoms with Crippen molar-refractivity contribution >= 4 is 22.1 Å². The van der Waals surface area contributed by atoms with Crippen LogP contribution in [0.3, 0.4) is 0 Å². The predicted octanol–water partition coefficient (Wildman–Crippen LogP) is 3.73. The van der Waals surface area contributed by atoms with E-state index in [1.54, 1.807) is 0 Å². The Labute approximate surface area is 135 Å². The molecule has 116 valence electrons. The van der Waals surface area contributed by atoms with Crippen LogP contribution < -0.4 is 0 Å². The minimum absolute atomic E-state index is 0.919. The molecule has 4 heteroatoms. The molecule has 0 aromatic carbocycles. The van der Waals surface area contributed by atoms with E-state index in [2.05, 4.69) is 58.1 Å². The standard InChI is InChI=1S/C19H20N4/c1-3-14-10-17-6-9-23(19(17)21-12-14)8-4-15-11-16-5-7-22(2)18(16)20-13-15/h5-7,9-13H,3-4,8H2,1-2H3. The molecule has 0 N–H and O–H groups in total. The maximum absolute atomic E-state index is 4.62. The molecule has 0 spiro atoms. The van der Waals surface area contributed by atoms with Crippen LogP contribution in [0.2, 0.25) is 0 Å². The van der Waals surface area contributed by atoms with Gasteiger partial charge in [0.25, 0.3) is 0 Å². The molecule has 4 aromatic rings. The Bertz CT molecular complexity index is 978. The minimum atomic E-state index is 0.919. The van der Waals surface area contributed by atoms with Crippen molar-refractivity contribution in [3.63, 3.8) is 0 Å². The molecule has 0 atom stereocenters. The van der Waals surface area contributed by atoms with Gasteiger partial charge < -0.3 is 9.13 Å². The molecule has 0 fully saturated rings. The molecular weight excluding hydrogens is 284 g/mol. The lowest BCUT2D eigenvalue weighted by Crippen LogP contribution is -2.01. The summed E-state index contributed by atoms with van der Waals surface area (Å²) >= 11 is 0. The molecule has 4 rings (SSSR count). The maximum atomic E-state index is 4.62. The fraction of sp³-hybridized carbons (Fsp3) is 0.263. The van der Waals surface area contributed by atoms with Gasteiger partial charge in [-0.15, -0.1) is 0 Å². The molecule has 0 radical (unpaired) electrons. The first-order valence-corrected chi connectivity index (χ1v) is 8.08. The van der Waals surface area contributed by atoms with E-state index in [0.717, 1.165) is 30.7 Å². The zero-order valence-corrected chi connectivity index (χ0v) is 13.5. The monoisotopic (exact) mass is 304 g/mol. The van der Waals surface area contributed by atoms with E-state index in [1.165, 1.54) is 21.9 Å². The van der Waals surface area contributed by atoms with E-state index in [1.807, 2.05) is 24.0 Å². The molecule has 4 heterocycles. The van der Waals surface area contributed by atoms with Crippen molar-refractivity contribution in [2.24, 2.45) is 7.05 Å². The van der Waals surface area contributed by atoms with Crippen LogP contribution in [0.4, 0.5) is 0 Å². The van der Waals surface area contributed by atoms with Crippen LogP contribution in [0.1, 0.15) is 18.1 Å². The highest BCUT2D eigenvalue weighted by Crippen LogP contribution is 2.18. The average Bonchev–Trinajstić information content (AvgIpc) is 3.16. The molecule has 0 aliphatic carbocycles. The molecule has 0 amide bonds. The van der Waals surface area contributed by atoms with Crippen LogP contribution in [0.15, 0.2) is 49.1 Å². The number of hydrogen-bond donors (Lipinski definition) is 0. The first kappa shape index (κ1) is 14.0. The van der Waals surface area contributed by atoms with Gasteiger partial charge in [0, 0.05) is 49.2 Å². The number of rotatable bonds is 4. The van der Waals surface area contributed by atoms with Crippen LogP contribution >= 0.6 is 0 Å². The molecule has 0 unspecified atom stereocenters. The summed E-state index contributed by atoms with van der Waals surface area (Å²) in [5.41, 5.74) is 4.65. The molecule has 0 saturated carbocycles. The van der Waals surface area contributed by atoms with Crippen molar-refractivity contribution in [1.82, 2.24) is 19.1 Å². The molecule has 4 nitrogen and oxygen atoms in total. The van der Waals surface area contributed by atoms with Crippen molar-refractivity contribution < 1.29 is 0 Å². The number of pyridine rings is 2. The number of fused-ring (bicyclic) bond motifs is 2. The van der Waals surface area contributed by atoms with Crippen LogP contribution in [-0.2, 0) is 26.4 Å². The van der Waals surface area contributed by atoms with Crippen molar-refractivity contribution in [1.29, 1.82) is 0 Å². The largest absolute Gasteiger partial charge is 0.336 e. The van der Waals surface area contributed by atoms with Gasteiger partial charge in [-0.2, -0.15) is 0 Å². The summed E-state index contributed by atoms with van der Waals surface area (Å²) in [4.78, 5) is 9.19. The Hall–Kier alpha value is -2.62. The van der Waals surface area contributed by atoms with Crippen LogP contribution in [0.5, 0.6) is 0 Å². The normalized spacial score (nSPS) is 11.6. The van der Waals surface area contributed by atoms with Gasteiger partial charge in [-0.25, -0.2) is 9.97 Å². The van der Waals surface area contributed by atoms with Crippen molar-refractivity contribution in [3.8, 4) is 0 Å². The first-order chi connectivity index (χ1) is 11.2. The van der Waals surface area contributed by atoms with Gasteiger partial charge in [-0.05, 0) is 48.2 Å². The Kier molecular flexibility index (Phi) is 3.37. The van der Waals surface area contributed by atoms with Crippen LogP contribution in [0.25, 0.3) is 22.1 Å². The number of nitrogens with zero attached hydrogens (tertiary/aromatic N) is 4. The maximum Gasteiger partial charge on any atom is 0.139 e. The second-order valence-electron chi connectivity index (χ2n) is 6.05. The van der Waals surface area contributed by atoms with Gasteiger partial charge in [0.05, 0.1) is 0 Å². The third kappa shape index (κ3) is 2.50. The average molecular weight is 304 g/mol. The summed E-state index contributed by atoms with van der Waals surface area (Å²) < 4.78 is 4.28. The fourth-order valence-corrected chi connectivity index (χ4v) is 3.08. The van der Waals surface area contributed by atoms with Crippen LogP contribution in [0, 0.1) is 0 Å². The van der Waals surface area contributed by atoms with Gasteiger partial charge in [-0.1, -0.05) is 6.92 Å².